The van der Waals surface area contributed by atoms with E-state index in [1.54, 1.807) is 4.90 Å². The predicted molar refractivity (Wildman–Crippen MR) is 84.4 cm³/mol. The predicted octanol–water partition coefficient (Wildman–Crippen LogP) is 2.28. The first-order valence-corrected chi connectivity index (χ1v) is 9.56. The van der Waals surface area contributed by atoms with Gasteiger partial charge in [-0.2, -0.15) is 0 Å². The highest BCUT2D eigenvalue weighted by Gasteiger charge is 2.37. The minimum absolute atomic E-state index is 0.0542. The van der Waals surface area contributed by atoms with Gasteiger partial charge in [0.1, 0.15) is 5.82 Å². The quantitative estimate of drug-likeness (QED) is 0.776. The Morgan fingerprint density at radius 3 is 2.30 bits per heavy atom. The molecule has 2 amide bonds. The molecular formula is C16H21FN2O3S. The Morgan fingerprint density at radius 1 is 1.00 bits per heavy atom. The largest absolute Gasteiger partial charge is 0.325 e. The fraction of sp³-hybridized carbons (Fsp3) is 0.562. The van der Waals surface area contributed by atoms with Crippen molar-refractivity contribution in [2.24, 2.45) is 0 Å². The van der Waals surface area contributed by atoms with Crippen molar-refractivity contribution in [2.45, 2.75) is 35.8 Å². The lowest BCUT2D eigenvalue weighted by Gasteiger charge is -2.31. The first kappa shape index (κ1) is 16.2. The van der Waals surface area contributed by atoms with Gasteiger partial charge in [0.2, 0.25) is 0 Å². The number of hydrogen-bond acceptors (Lipinski definition) is 3. The summed E-state index contributed by atoms with van der Waals surface area (Å²) in [4.78, 5) is 16.0. The molecule has 0 bridgehead atoms. The van der Waals surface area contributed by atoms with E-state index in [4.69, 9.17) is 0 Å². The van der Waals surface area contributed by atoms with Gasteiger partial charge in [0.15, 0.2) is 9.84 Å². The number of hydrogen-bond donors (Lipinski definition) is 0. The second kappa shape index (κ2) is 6.47. The Morgan fingerprint density at radius 2 is 1.65 bits per heavy atom. The van der Waals surface area contributed by atoms with Crippen molar-refractivity contribution < 1.29 is 17.6 Å². The highest BCUT2D eigenvalue weighted by Crippen LogP contribution is 2.25. The number of nitrogens with zero attached hydrogens (tertiary/aromatic N) is 2. The van der Waals surface area contributed by atoms with Gasteiger partial charge in [0.25, 0.3) is 0 Å². The molecule has 126 valence electrons. The van der Waals surface area contributed by atoms with Crippen LogP contribution in [0, 0.1) is 5.82 Å². The van der Waals surface area contributed by atoms with Crippen LogP contribution in [0.5, 0.6) is 0 Å². The van der Waals surface area contributed by atoms with Gasteiger partial charge in [-0.1, -0.05) is 0 Å². The summed E-state index contributed by atoms with van der Waals surface area (Å²) < 4.78 is 38.2. The third-order valence-electron chi connectivity index (χ3n) is 4.62. The van der Waals surface area contributed by atoms with Gasteiger partial charge in [-0.15, -0.1) is 0 Å². The number of benzene rings is 1. The molecule has 0 N–H and O–H groups in total. The lowest BCUT2D eigenvalue weighted by Crippen LogP contribution is -2.45. The van der Waals surface area contributed by atoms with E-state index in [-0.39, 0.29) is 17.5 Å². The standard InChI is InChI=1S/C16H21FN2O3S/c17-13-4-6-14(7-5-13)23(21,22)15-8-11-19(12-15)16(20)18-9-2-1-3-10-18/h4-7,15H,1-3,8-12H2. The lowest BCUT2D eigenvalue weighted by molar-refractivity contribution is 0.152. The van der Waals surface area contributed by atoms with Crippen molar-refractivity contribution in [2.75, 3.05) is 26.2 Å². The van der Waals surface area contributed by atoms with Crippen LogP contribution in [-0.2, 0) is 9.84 Å². The smallest absolute Gasteiger partial charge is 0.320 e. The van der Waals surface area contributed by atoms with Crippen LogP contribution in [-0.4, -0.2) is 55.7 Å². The van der Waals surface area contributed by atoms with Crippen LogP contribution in [0.2, 0.25) is 0 Å². The molecule has 2 aliphatic heterocycles. The first-order chi connectivity index (χ1) is 11.0. The number of likely N-dealkylation sites (tertiary alicyclic amines) is 2. The number of amides is 2. The van der Waals surface area contributed by atoms with E-state index in [1.165, 1.54) is 12.1 Å². The number of halogens is 1. The summed E-state index contributed by atoms with van der Waals surface area (Å²) in [5, 5.41) is -0.610. The summed E-state index contributed by atoms with van der Waals surface area (Å²) in [6.45, 7) is 2.19. The molecule has 2 fully saturated rings. The Bertz CT molecular complexity index is 669. The van der Waals surface area contributed by atoms with Gasteiger partial charge < -0.3 is 9.80 Å². The summed E-state index contributed by atoms with van der Waals surface area (Å²) in [6, 6.07) is 4.83. The number of urea groups is 1. The molecule has 1 unspecified atom stereocenters. The molecule has 0 saturated carbocycles. The fourth-order valence-corrected chi connectivity index (χ4v) is 4.95. The molecular weight excluding hydrogens is 319 g/mol. The zero-order valence-corrected chi connectivity index (χ0v) is 13.8. The van der Waals surface area contributed by atoms with E-state index in [2.05, 4.69) is 0 Å². The van der Waals surface area contributed by atoms with Crippen molar-refractivity contribution in [3.05, 3.63) is 30.1 Å². The molecule has 1 aromatic carbocycles. The van der Waals surface area contributed by atoms with Crippen molar-refractivity contribution >= 4 is 15.9 Å². The number of piperidine rings is 1. The summed E-state index contributed by atoms with van der Waals surface area (Å²) in [5.74, 6) is -0.461. The highest BCUT2D eigenvalue weighted by molar-refractivity contribution is 7.92. The van der Waals surface area contributed by atoms with E-state index >= 15 is 0 Å². The zero-order chi connectivity index (χ0) is 16.4. The molecule has 1 atom stereocenters. The summed E-state index contributed by atoms with van der Waals surface area (Å²) in [6.07, 6.45) is 3.60. The van der Waals surface area contributed by atoms with E-state index < -0.39 is 20.9 Å². The van der Waals surface area contributed by atoms with Crippen molar-refractivity contribution in [3.63, 3.8) is 0 Å². The Labute approximate surface area is 136 Å². The van der Waals surface area contributed by atoms with Gasteiger partial charge in [-0.25, -0.2) is 17.6 Å². The van der Waals surface area contributed by atoms with Crippen LogP contribution in [0.4, 0.5) is 9.18 Å². The third kappa shape index (κ3) is 3.34. The first-order valence-electron chi connectivity index (χ1n) is 8.02. The van der Waals surface area contributed by atoms with Crippen LogP contribution in [0.1, 0.15) is 25.7 Å². The normalized spacial score (nSPS) is 22.4. The molecule has 0 aliphatic carbocycles. The van der Waals surface area contributed by atoms with Gasteiger partial charge in [-0.05, 0) is 49.9 Å². The Kier molecular flexibility index (Phi) is 4.57. The van der Waals surface area contributed by atoms with E-state index in [0.29, 0.717) is 13.0 Å². The minimum Gasteiger partial charge on any atom is -0.325 e. The maximum absolute atomic E-state index is 13.0. The van der Waals surface area contributed by atoms with Crippen molar-refractivity contribution in [1.29, 1.82) is 0 Å². The Hall–Kier alpha value is -1.63. The molecule has 0 aromatic heterocycles. The van der Waals surface area contributed by atoms with Crippen molar-refractivity contribution in [1.82, 2.24) is 9.80 Å². The molecule has 1 aromatic rings. The van der Waals surface area contributed by atoms with Crippen molar-refractivity contribution in [3.8, 4) is 0 Å². The number of carbonyl (C=O) groups is 1. The summed E-state index contributed by atoms with van der Waals surface area (Å²) in [7, 11) is -3.53. The summed E-state index contributed by atoms with van der Waals surface area (Å²) >= 11 is 0. The van der Waals surface area contributed by atoms with Crippen LogP contribution in [0.25, 0.3) is 0 Å². The SMILES string of the molecule is O=C(N1CCCCC1)N1CCC(S(=O)(=O)c2ccc(F)cc2)C1. The molecule has 2 saturated heterocycles. The minimum atomic E-state index is -3.53. The monoisotopic (exact) mass is 340 g/mol. The second-order valence-electron chi connectivity index (χ2n) is 6.19. The lowest BCUT2D eigenvalue weighted by atomic mass is 10.1. The number of carbonyl (C=O) groups excluding carboxylic acids is 1. The molecule has 2 heterocycles. The zero-order valence-electron chi connectivity index (χ0n) is 12.9. The average Bonchev–Trinajstić information content (AvgIpc) is 3.06. The Balaban J connectivity index is 1.69. The molecule has 7 heteroatoms. The van der Waals surface area contributed by atoms with Crippen LogP contribution < -0.4 is 0 Å². The maximum atomic E-state index is 13.0. The fourth-order valence-electron chi connectivity index (χ4n) is 3.26. The third-order valence-corrected chi connectivity index (χ3v) is 6.81. The van der Waals surface area contributed by atoms with E-state index in [0.717, 1.165) is 44.5 Å². The molecule has 0 radical (unpaired) electrons. The van der Waals surface area contributed by atoms with Crippen LogP contribution in [0.3, 0.4) is 0 Å². The molecule has 23 heavy (non-hydrogen) atoms. The molecule has 2 aliphatic rings. The summed E-state index contributed by atoms with van der Waals surface area (Å²) in [5.41, 5.74) is 0. The van der Waals surface area contributed by atoms with Crippen LogP contribution >= 0.6 is 0 Å². The van der Waals surface area contributed by atoms with E-state index in [9.17, 15) is 17.6 Å². The highest BCUT2D eigenvalue weighted by atomic mass is 32.2. The number of rotatable bonds is 2. The average molecular weight is 340 g/mol. The van der Waals surface area contributed by atoms with Gasteiger partial charge in [-0.3, -0.25) is 0 Å². The molecule has 5 nitrogen and oxygen atoms in total. The molecule has 3 rings (SSSR count). The maximum Gasteiger partial charge on any atom is 0.320 e. The molecule has 0 spiro atoms. The number of sulfone groups is 1. The van der Waals surface area contributed by atoms with Gasteiger partial charge in [0.05, 0.1) is 10.1 Å². The topological polar surface area (TPSA) is 57.7 Å². The van der Waals surface area contributed by atoms with Gasteiger partial charge >= 0.3 is 6.03 Å². The second-order valence-corrected chi connectivity index (χ2v) is 8.41. The van der Waals surface area contributed by atoms with Gasteiger partial charge in [0, 0.05) is 26.2 Å². The van der Waals surface area contributed by atoms with Crippen LogP contribution in [0.15, 0.2) is 29.2 Å². The van der Waals surface area contributed by atoms with E-state index in [1.807, 2.05) is 4.90 Å².